The second-order valence-electron chi connectivity index (χ2n) is 6.98. The van der Waals surface area contributed by atoms with Crippen molar-refractivity contribution in [3.05, 3.63) is 41.0 Å². The van der Waals surface area contributed by atoms with E-state index in [0.717, 1.165) is 5.57 Å². The molecule has 3 aromatic rings. The maximum atomic E-state index is 11.0. The number of methoxy groups -OCH3 is 2. The monoisotopic (exact) mass is 382 g/mol. The third kappa shape index (κ3) is 2.72. The maximum absolute atomic E-state index is 11.0. The Labute approximate surface area is 162 Å². The lowest BCUT2D eigenvalue weighted by molar-refractivity contribution is 0.294. The number of fused-ring (bicyclic) bond motifs is 5. The van der Waals surface area contributed by atoms with Crippen LogP contribution >= 0.6 is 0 Å². The summed E-state index contributed by atoms with van der Waals surface area (Å²) < 4.78 is 22.5. The predicted octanol–water partition coefficient (Wildman–Crippen LogP) is 4.93. The first-order chi connectivity index (χ1) is 13.4. The number of allylic oxidation sites excluding steroid dienone is 2. The maximum Gasteiger partial charge on any atom is 0.149 e. The van der Waals surface area contributed by atoms with Gasteiger partial charge in [0.15, 0.2) is 0 Å². The van der Waals surface area contributed by atoms with Gasteiger partial charge in [-0.15, -0.1) is 0 Å². The lowest BCUT2D eigenvalue weighted by atomic mass is 9.98. The fourth-order valence-electron chi connectivity index (χ4n) is 3.53. The van der Waals surface area contributed by atoms with Gasteiger partial charge in [-0.1, -0.05) is 11.6 Å². The average molecular weight is 382 g/mol. The quantitative estimate of drug-likeness (QED) is 0.623. The fraction of sp³-hybridized carbons (Fsp3) is 0.273. The van der Waals surface area contributed by atoms with E-state index in [1.807, 2.05) is 19.9 Å². The van der Waals surface area contributed by atoms with Crippen LogP contribution in [0.15, 0.2) is 34.3 Å². The number of benzene rings is 2. The van der Waals surface area contributed by atoms with Crippen molar-refractivity contribution in [1.29, 1.82) is 0 Å². The molecule has 0 unspecified atom stereocenters. The summed E-state index contributed by atoms with van der Waals surface area (Å²) in [6.45, 7) is 4.22. The van der Waals surface area contributed by atoms with Gasteiger partial charge in [0.2, 0.25) is 0 Å². The van der Waals surface area contributed by atoms with E-state index in [0.29, 0.717) is 57.1 Å². The normalized spacial score (nSPS) is 12.1. The van der Waals surface area contributed by atoms with Gasteiger partial charge >= 0.3 is 0 Å². The van der Waals surface area contributed by atoms with Crippen LogP contribution in [0.4, 0.5) is 0 Å². The van der Waals surface area contributed by atoms with Crippen LogP contribution in [-0.4, -0.2) is 24.4 Å². The number of hydrogen-bond acceptors (Lipinski definition) is 6. The topological polar surface area (TPSA) is 81.3 Å². The van der Waals surface area contributed by atoms with Gasteiger partial charge in [-0.3, -0.25) is 0 Å². The molecule has 2 N–H and O–H groups in total. The highest BCUT2D eigenvalue weighted by Gasteiger charge is 2.30. The molecule has 0 atom stereocenters. The van der Waals surface area contributed by atoms with Gasteiger partial charge in [0, 0.05) is 29.3 Å². The molecular formula is C22H22O6. The SMILES string of the molecule is COc1cc(O)c2c(c1)OCc1c-2oc2cc(OC)c(CC=C(C)C)c(O)c12. The molecule has 0 spiro atoms. The molecule has 0 bridgehead atoms. The molecule has 6 heteroatoms. The second-order valence-corrected chi connectivity index (χ2v) is 6.98. The van der Waals surface area contributed by atoms with E-state index in [-0.39, 0.29) is 18.1 Å². The molecule has 146 valence electrons. The van der Waals surface area contributed by atoms with E-state index in [1.165, 1.54) is 13.2 Å². The van der Waals surface area contributed by atoms with Crippen molar-refractivity contribution >= 4 is 11.0 Å². The standard InChI is InChI=1S/C22H22O6/c1-11(2)5-6-13-16(26-4)9-18-19(21(13)24)14-10-27-17-8-12(25-3)7-15(23)20(17)22(14)28-18/h5,7-9,23-24H,6,10H2,1-4H3. The first-order valence-corrected chi connectivity index (χ1v) is 8.96. The largest absolute Gasteiger partial charge is 0.507 e. The zero-order chi connectivity index (χ0) is 20.0. The Bertz CT molecular complexity index is 1100. The number of furan rings is 1. The first kappa shape index (κ1) is 18.1. The molecule has 1 aromatic heterocycles. The van der Waals surface area contributed by atoms with Crippen molar-refractivity contribution < 1.29 is 28.8 Å². The minimum atomic E-state index is -0.00873. The molecule has 0 fully saturated rings. The summed E-state index contributed by atoms with van der Waals surface area (Å²) in [5.74, 6) is 2.09. The summed E-state index contributed by atoms with van der Waals surface area (Å²) in [5, 5.41) is 22.1. The third-order valence-electron chi connectivity index (χ3n) is 4.94. The highest BCUT2D eigenvalue weighted by molar-refractivity contribution is 5.97. The zero-order valence-corrected chi connectivity index (χ0v) is 16.3. The molecule has 2 aromatic carbocycles. The van der Waals surface area contributed by atoms with Crippen molar-refractivity contribution in [1.82, 2.24) is 0 Å². The summed E-state index contributed by atoms with van der Waals surface area (Å²) in [5.41, 5.74) is 3.45. The van der Waals surface area contributed by atoms with Crippen LogP contribution in [0.1, 0.15) is 25.0 Å². The summed E-state index contributed by atoms with van der Waals surface area (Å²) in [6, 6.07) is 4.97. The van der Waals surface area contributed by atoms with E-state index in [2.05, 4.69) is 0 Å². The molecule has 4 rings (SSSR count). The van der Waals surface area contributed by atoms with Gasteiger partial charge in [0.05, 0.1) is 19.6 Å². The van der Waals surface area contributed by atoms with Gasteiger partial charge in [-0.25, -0.2) is 0 Å². The molecule has 0 aliphatic carbocycles. The summed E-state index contributed by atoms with van der Waals surface area (Å²) >= 11 is 0. The minimum Gasteiger partial charge on any atom is -0.507 e. The molecule has 6 nitrogen and oxygen atoms in total. The van der Waals surface area contributed by atoms with Crippen LogP contribution in [0.2, 0.25) is 0 Å². The molecule has 0 saturated carbocycles. The Morgan fingerprint density at radius 1 is 1.14 bits per heavy atom. The van der Waals surface area contributed by atoms with Crippen molar-refractivity contribution in [2.45, 2.75) is 26.9 Å². The van der Waals surface area contributed by atoms with Gasteiger partial charge in [-0.2, -0.15) is 0 Å². The Morgan fingerprint density at radius 3 is 2.61 bits per heavy atom. The van der Waals surface area contributed by atoms with E-state index in [1.54, 1.807) is 19.2 Å². The van der Waals surface area contributed by atoms with Gasteiger partial charge < -0.3 is 28.8 Å². The van der Waals surface area contributed by atoms with E-state index in [4.69, 9.17) is 18.6 Å². The van der Waals surface area contributed by atoms with Crippen LogP contribution in [0.5, 0.6) is 28.7 Å². The van der Waals surface area contributed by atoms with Gasteiger partial charge in [-0.05, 0) is 20.3 Å². The van der Waals surface area contributed by atoms with Crippen LogP contribution in [-0.2, 0) is 13.0 Å². The molecule has 2 heterocycles. The van der Waals surface area contributed by atoms with Crippen molar-refractivity contribution in [3.8, 4) is 40.1 Å². The Hall–Kier alpha value is -3.28. The van der Waals surface area contributed by atoms with Crippen LogP contribution in [0.25, 0.3) is 22.3 Å². The summed E-state index contributed by atoms with van der Waals surface area (Å²) in [6.07, 6.45) is 2.56. The molecule has 28 heavy (non-hydrogen) atoms. The van der Waals surface area contributed by atoms with Gasteiger partial charge in [0.1, 0.15) is 52.3 Å². The number of rotatable bonds is 4. The lowest BCUT2D eigenvalue weighted by Gasteiger charge is -2.19. The number of phenols is 2. The molecule has 0 amide bonds. The highest BCUT2D eigenvalue weighted by atomic mass is 16.5. The van der Waals surface area contributed by atoms with Gasteiger partial charge in [0.25, 0.3) is 0 Å². The number of aromatic hydroxyl groups is 2. The zero-order valence-electron chi connectivity index (χ0n) is 16.3. The van der Waals surface area contributed by atoms with E-state index >= 15 is 0 Å². The van der Waals surface area contributed by atoms with E-state index in [9.17, 15) is 10.2 Å². The Balaban J connectivity index is 1.97. The van der Waals surface area contributed by atoms with Crippen LogP contribution in [0.3, 0.4) is 0 Å². The summed E-state index contributed by atoms with van der Waals surface area (Å²) in [7, 11) is 3.08. The highest BCUT2D eigenvalue weighted by Crippen LogP contribution is 2.51. The fourth-order valence-corrected chi connectivity index (χ4v) is 3.53. The van der Waals surface area contributed by atoms with Crippen molar-refractivity contribution in [2.75, 3.05) is 14.2 Å². The average Bonchev–Trinajstić information content (AvgIpc) is 3.04. The molecule has 0 saturated heterocycles. The Kier molecular flexibility index (Phi) is 4.34. The minimum absolute atomic E-state index is 0.00873. The Morgan fingerprint density at radius 2 is 1.93 bits per heavy atom. The molecule has 0 radical (unpaired) electrons. The van der Waals surface area contributed by atoms with Crippen molar-refractivity contribution in [2.24, 2.45) is 0 Å². The predicted molar refractivity (Wildman–Crippen MR) is 106 cm³/mol. The first-order valence-electron chi connectivity index (χ1n) is 8.96. The number of hydrogen-bond donors (Lipinski definition) is 2. The molecule has 1 aliphatic heterocycles. The van der Waals surface area contributed by atoms with Crippen LogP contribution in [0, 0.1) is 0 Å². The van der Waals surface area contributed by atoms with E-state index < -0.39 is 0 Å². The smallest absolute Gasteiger partial charge is 0.149 e. The van der Waals surface area contributed by atoms with Crippen LogP contribution < -0.4 is 14.2 Å². The van der Waals surface area contributed by atoms with Crippen molar-refractivity contribution in [3.63, 3.8) is 0 Å². The molecule has 1 aliphatic rings. The second kappa shape index (κ2) is 6.71. The number of phenolic OH excluding ortho intramolecular Hbond substituents is 2. The lowest BCUT2D eigenvalue weighted by Crippen LogP contribution is -2.04. The summed E-state index contributed by atoms with van der Waals surface area (Å²) in [4.78, 5) is 0. The third-order valence-corrected chi connectivity index (χ3v) is 4.94. The molecular weight excluding hydrogens is 360 g/mol. The number of ether oxygens (including phenoxy) is 3.